The van der Waals surface area contributed by atoms with Crippen molar-refractivity contribution in [1.82, 2.24) is 19.9 Å². The molecule has 2 aromatic carbocycles. The van der Waals surface area contributed by atoms with Crippen LogP contribution >= 0.6 is 11.6 Å². The number of hydrogen-bond donors (Lipinski definition) is 1. The van der Waals surface area contributed by atoms with Crippen LogP contribution in [0.25, 0.3) is 22.8 Å². The normalized spacial score (nSPS) is 22.4. The van der Waals surface area contributed by atoms with Gasteiger partial charge in [0.2, 0.25) is 5.91 Å². The number of amides is 1. The summed E-state index contributed by atoms with van der Waals surface area (Å²) in [5.74, 6) is 0.905. The summed E-state index contributed by atoms with van der Waals surface area (Å²) in [6.45, 7) is 1.27. The monoisotopic (exact) mass is 464 g/mol. The molecule has 7 nitrogen and oxygen atoms in total. The predicted molar refractivity (Wildman–Crippen MR) is 126 cm³/mol. The molecular formula is C25H25ClN4O3. The minimum Gasteiger partial charge on any atom is -0.381 e. The summed E-state index contributed by atoms with van der Waals surface area (Å²) in [5.41, 5.74) is 1.58. The number of nitrogens with zero attached hydrogens (tertiary/aromatic N) is 3. The van der Waals surface area contributed by atoms with E-state index in [-0.39, 0.29) is 17.4 Å². The third kappa shape index (κ3) is 4.18. The molecule has 8 heteroatoms. The molecule has 1 N–H and O–H groups in total. The third-order valence-corrected chi connectivity index (χ3v) is 7.13. The van der Waals surface area contributed by atoms with Gasteiger partial charge in [0.25, 0.3) is 0 Å². The van der Waals surface area contributed by atoms with Crippen molar-refractivity contribution in [3.05, 3.63) is 69.6 Å². The molecule has 1 aliphatic heterocycles. The number of carbonyl (C=O) groups excluding carboxylic acids is 1. The Morgan fingerprint density at radius 2 is 1.88 bits per heavy atom. The van der Waals surface area contributed by atoms with E-state index in [0.717, 1.165) is 43.4 Å². The van der Waals surface area contributed by atoms with Gasteiger partial charge in [0.1, 0.15) is 5.82 Å². The predicted octanol–water partition coefficient (Wildman–Crippen LogP) is 4.07. The van der Waals surface area contributed by atoms with Crippen LogP contribution in [-0.2, 0) is 16.1 Å². The smallest absolute Gasteiger partial charge is 0.348 e. The van der Waals surface area contributed by atoms with Crippen LogP contribution in [-0.4, -0.2) is 45.5 Å². The largest absolute Gasteiger partial charge is 0.381 e. The number of H-pyrrole nitrogens is 1. The van der Waals surface area contributed by atoms with Crippen molar-refractivity contribution in [3.8, 4) is 22.8 Å². The molecule has 2 heterocycles. The van der Waals surface area contributed by atoms with Crippen molar-refractivity contribution in [3.63, 3.8) is 0 Å². The molecule has 0 atom stereocenters. The Balaban J connectivity index is 1.36. The molecule has 1 amide bonds. The average molecular weight is 465 g/mol. The Hall–Kier alpha value is -3.03. The number of aromatic nitrogens is 3. The van der Waals surface area contributed by atoms with Crippen LogP contribution in [0.1, 0.15) is 31.2 Å². The van der Waals surface area contributed by atoms with Crippen LogP contribution in [0.15, 0.2) is 53.3 Å². The molecule has 2 fully saturated rings. The van der Waals surface area contributed by atoms with E-state index < -0.39 is 5.69 Å². The Kier molecular flexibility index (Phi) is 5.76. The van der Waals surface area contributed by atoms with Crippen LogP contribution in [0, 0.1) is 5.41 Å². The van der Waals surface area contributed by atoms with Gasteiger partial charge in [-0.05, 0) is 43.4 Å². The molecule has 2 aliphatic rings. The van der Waals surface area contributed by atoms with Gasteiger partial charge in [-0.25, -0.2) is 9.78 Å². The summed E-state index contributed by atoms with van der Waals surface area (Å²) < 4.78 is 5.45. The minimum absolute atomic E-state index is 0.216. The number of ether oxygens (including phenoxy) is 1. The Labute approximate surface area is 196 Å². The molecule has 1 spiro atoms. The lowest BCUT2D eigenvalue weighted by Crippen LogP contribution is -2.62. The summed E-state index contributed by atoms with van der Waals surface area (Å²) >= 11 is 6.46. The van der Waals surface area contributed by atoms with Gasteiger partial charge >= 0.3 is 5.69 Å². The van der Waals surface area contributed by atoms with E-state index in [1.54, 1.807) is 13.2 Å². The third-order valence-electron chi connectivity index (χ3n) is 6.80. The molecule has 0 bridgehead atoms. The molecule has 33 heavy (non-hydrogen) atoms. The minimum atomic E-state index is -0.494. The van der Waals surface area contributed by atoms with Gasteiger partial charge < -0.3 is 9.64 Å². The average Bonchev–Trinajstić information content (AvgIpc) is 2.85. The lowest BCUT2D eigenvalue weighted by Gasteiger charge is -2.52. The van der Waals surface area contributed by atoms with Gasteiger partial charge in [0.05, 0.1) is 16.5 Å². The summed E-state index contributed by atoms with van der Waals surface area (Å²) in [5, 5.41) is 0.469. The van der Waals surface area contributed by atoms with E-state index >= 15 is 0 Å². The summed E-state index contributed by atoms with van der Waals surface area (Å²) in [4.78, 5) is 38.4. The Morgan fingerprint density at radius 3 is 2.58 bits per heavy atom. The topological polar surface area (TPSA) is 88.2 Å². The van der Waals surface area contributed by atoms with Crippen LogP contribution in [0.3, 0.4) is 0 Å². The molecule has 1 saturated carbocycles. The van der Waals surface area contributed by atoms with Gasteiger partial charge in [-0.15, -0.1) is 0 Å². The van der Waals surface area contributed by atoms with Gasteiger partial charge in [-0.1, -0.05) is 48.0 Å². The number of likely N-dealkylation sites (tertiary alicyclic amines) is 1. The van der Waals surface area contributed by atoms with Crippen molar-refractivity contribution >= 4 is 17.5 Å². The van der Waals surface area contributed by atoms with Gasteiger partial charge in [0, 0.05) is 31.3 Å². The van der Waals surface area contributed by atoms with Crippen LogP contribution in [0.4, 0.5) is 0 Å². The van der Waals surface area contributed by atoms with Crippen LogP contribution < -0.4 is 5.69 Å². The van der Waals surface area contributed by atoms with E-state index in [1.807, 2.05) is 47.4 Å². The number of carbonyl (C=O) groups is 1. The van der Waals surface area contributed by atoms with E-state index in [0.29, 0.717) is 28.8 Å². The molecule has 0 unspecified atom stereocenters. The summed E-state index contributed by atoms with van der Waals surface area (Å²) in [7, 11) is 1.74. The highest BCUT2D eigenvalue weighted by Gasteiger charge is 2.52. The molecule has 0 radical (unpaired) electrons. The molecular weight excluding hydrogens is 440 g/mol. The summed E-state index contributed by atoms with van der Waals surface area (Å²) in [6, 6.07) is 14.9. The Bertz CT molecular complexity index is 1240. The molecule has 1 aromatic heterocycles. The van der Waals surface area contributed by atoms with E-state index in [9.17, 15) is 9.59 Å². The van der Waals surface area contributed by atoms with E-state index in [2.05, 4.69) is 15.0 Å². The van der Waals surface area contributed by atoms with Crippen molar-refractivity contribution in [1.29, 1.82) is 0 Å². The number of halogens is 1. The SMILES string of the molecule is COC1CCC2(CC1)CN(Cc1ccc(Cl)c(-c3nc(-c4ccccc4)nc(=O)[nH]3)c1)C2=O. The zero-order valence-electron chi connectivity index (χ0n) is 18.4. The fourth-order valence-electron chi connectivity index (χ4n) is 4.93. The standard InChI is InChI=1S/C25H25ClN4O3/c1-33-18-9-11-25(12-10-18)15-30(23(25)31)14-16-7-8-20(26)19(13-16)22-27-21(28-24(32)29-22)17-5-3-2-4-6-17/h2-8,13,18H,9-12,14-15H2,1H3,(H,27,28,29,32). The number of methoxy groups -OCH3 is 1. The van der Waals surface area contributed by atoms with E-state index in [1.165, 1.54) is 0 Å². The van der Waals surface area contributed by atoms with Gasteiger partial charge in [-0.3, -0.25) is 9.78 Å². The fraction of sp³-hybridized carbons (Fsp3) is 0.360. The molecule has 3 aromatic rings. The maximum Gasteiger partial charge on any atom is 0.348 e. The first kappa shape index (κ1) is 21.8. The lowest BCUT2D eigenvalue weighted by molar-refractivity contribution is -0.167. The molecule has 1 aliphatic carbocycles. The van der Waals surface area contributed by atoms with Gasteiger partial charge in [0.15, 0.2) is 5.82 Å². The van der Waals surface area contributed by atoms with Gasteiger partial charge in [-0.2, -0.15) is 4.98 Å². The van der Waals surface area contributed by atoms with Crippen molar-refractivity contribution in [2.75, 3.05) is 13.7 Å². The van der Waals surface area contributed by atoms with Crippen LogP contribution in [0.2, 0.25) is 5.02 Å². The number of β-lactam (4-membered cyclic amide) rings is 1. The number of benzene rings is 2. The number of rotatable bonds is 5. The van der Waals surface area contributed by atoms with E-state index in [4.69, 9.17) is 16.3 Å². The van der Waals surface area contributed by atoms with Crippen molar-refractivity contribution in [2.24, 2.45) is 5.41 Å². The summed E-state index contributed by atoms with van der Waals surface area (Å²) in [6.07, 6.45) is 3.92. The first-order valence-electron chi connectivity index (χ1n) is 11.1. The highest BCUT2D eigenvalue weighted by atomic mass is 35.5. The first-order valence-corrected chi connectivity index (χ1v) is 11.5. The zero-order valence-corrected chi connectivity index (χ0v) is 19.1. The second-order valence-electron chi connectivity index (χ2n) is 8.88. The maximum atomic E-state index is 13.0. The first-order chi connectivity index (χ1) is 16.0. The number of nitrogens with one attached hydrogen (secondary N) is 1. The number of hydrogen-bond acceptors (Lipinski definition) is 5. The second kappa shape index (κ2) is 8.72. The molecule has 5 rings (SSSR count). The lowest BCUT2D eigenvalue weighted by atomic mass is 9.67. The highest BCUT2D eigenvalue weighted by Crippen LogP contribution is 2.46. The zero-order chi connectivity index (χ0) is 23.0. The fourth-order valence-corrected chi connectivity index (χ4v) is 5.14. The number of aromatic amines is 1. The highest BCUT2D eigenvalue weighted by molar-refractivity contribution is 6.33. The second-order valence-corrected chi connectivity index (χ2v) is 9.29. The maximum absolute atomic E-state index is 13.0. The molecule has 170 valence electrons. The van der Waals surface area contributed by atoms with Crippen molar-refractivity contribution in [2.45, 2.75) is 38.3 Å². The van der Waals surface area contributed by atoms with Crippen LogP contribution in [0.5, 0.6) is 0 Å². The Morgan fingerprint density at radius 1 is 1.12 bits per heavy atom. The van der Waals surface area contributed by atoms with Crippen molar-refractivity contribution < 1.29 is 9.53 Å². The quantitative estimate of drug-likeness (QED) is 0.575. The molecule has 1 saturated heterocycles.